The van der Waals surface area contributed by atoms with Crippen molar-refractivity contribution in [3.05, 3.63) is 58.6 Å². The Morgan fingerprint density at radius 2 is 1.95 bits per heavy atom. The highest BCUT2D eigenvalue weighted by molar-refractivity contribution is 6.34. The highest BCUT2D eigenvalue weighted by Gasteiger charge is 2.15. The zero-order valence-corrected chi connectivity index (χ0v) is 12.8. The second-order valence-electron chi connectivity index (χ2n) is 4.99. The van der Waals surface area contributed by atoms with Crippen molar-refractivity contribution >= 4 is 28.9 Å². The average molecular weight is 304 g/mol. The van der Waals surface area contributed by atoms with Crippen molar-refractivity contribution in [2.45, 2.75) is 13.0 Å². The van der Waals surface area contributed by atoms with Gasteiger partial charge in [0, 0.05) is 18.4 Å². The van der Waals surface area contributed by atoms with Crippen LogP contribution in [0.25, 0.3) is 0 Å². The lowest BCUT2D eigenvalue weighted by atomic mass is 10.1. The molecule has 4 N–H and O–H groups in total. The van der Waals surface area contributed by atoms with Crippen LogP contribution in [0.1, 0.15) is 28.9 Å². The Morgan fingerprint density at radius 1 is 1.24 bits per heavy atom. The van der Waals surface area contributed by atoms with Crippen molar-refractivity contribution in [3.63, 3.8) is 0 Å². The highest BCUT2D eigenvalue weighted by atomic mass is 35.5. The molecule has 0 aliphatic heterocycles. The number of nitrogen functional groups attached to an aromatic ring is 1. The SMILES string of the molecule is CC(c1cccc(N)c1)N(C)c1ccc(C(N)=O)c(Cl)c1. The Morgan fingerprint density at radius 3 is 2.52 bits per heavy atom. The van der Waals surface area contributed by atoms with Gasteiger partial charge in [0.25, 0.3) is 0 Å². The first-order valence-corrected chi connectivity index (χ1v) is 6.95. The normalized spacial score (nSPS) is 12.0. The second kappa shape index (κ2) is 6.06. The molecule has 0 saturated heterocycles. The number of benzene rings is 2. The van der Waals surface area contributed by atoms with Crippen LogP contribution in [0.3, 0.4) is 0 Å². The molecule has 21 heavy (non-hydrogen) atoms. The van der Waals surface area contributed by atoms with Gasteiger partial charge in [0.15, 0.2) is 0 Å². The minimum Gasteiger partial charge on any atom is -0.399 e. The van der Waals surface area contributed by atoms with Gasteiger partial charge in [-0.15, -0.1) is 0 Å². The van der Waals surface area contributed by atoms with Crippen LogP contribution in [0.5, 0.6) is 0 Å². The van der Waals surface area contributed by atoms with E-state index < -0.39 is 5.91 Å². The maximum absolute atomic E-state index is 11.2. The van der Waals surface area contributed by atoms with Gasteiger partial charge in [0.2, 0.25) is 5.91 Å². The summed E-state index contributed by atoms with van der Waals surface area (Å²) in [6, 6.07) is 13.1. The Balaban J connectivity index is 2.29. The summed E-state index contributed by atoms with van der Waals surface area (Å²) in [5.74, 6) is -0.530. The van der Waals surface area contributed by atoms with Gasteiger partial charge in [-0.3, -0.25) is 4.79 Å². The summed E-state index contributed by atoms with van der Waals surface area (Å²) >= 11 is 6.10. The van der Waals surface area contributed by atoms with Crippen LogP contribution in [-0.4, -0.2) is 13.0 Å². The smallest absolute Gasteiger partial charge is 0.250 e. The van der Waals surface area contributed by atoms with Gasteiger partial charge in [-0.05, 0) is 42.8 Å². The van der Waals surface area contributed by atoms with E-state index in [1.54, 1.807) is 12.1 Å². The number of hydrogen-bond donors (Lipinski definition) is 2. The van der Waals surface area contributed by atoms with E-state index in [0.29, 0.717) is 10.6 Å². The van der Waals surface area contributed by atoms with E-state index in [4.69, 9.17) is 23.1 Å². The predicted octanol–water partition coefficient (Wildman–Crippen LogP) is 3.22. The maximum atomic E-state index is 11.2. The summed E-state index contributed by atoms with van der Waals surface area (Å²) in [5.41, 5.74) is 14.1. The molecule has 5 heteroatoms. The number of anilines is 2. The number of rotatable bonds is 4. The zero-order chi connectivity index (χ0) is 15.6. The van der Waals surface area contributed by atoms with Crippen LogP contribution in [0.2, 0.25) is 5.02 Å². The second-order valence-corrected chi connectivity index (χ2v) is 5.39. The molecule has 1 unspecified atom stereocenters. The quantitative estimate of drug-likeness (QED) is 0.852. The van der Waals surface area contributed by atoms with Crippen LogP contribution in [0.4, 0.5) is 11.4 Å². The van der Waals surface area contributed by atoms with E-state index in [1.807, 2.05) is 37.4 Å². The molecule has 1 atom stereocenters. The van der Waals surface area contributed by atoms with Crippen LogP contribution >= 0.6 is 11.6 Å². The summed E-state index contributed by atoms with van der Waals surface area (Å²) in [5, 5.41) is 0.353. The van der Waals surface area contributed by atoms with E-state index in [1.165, 1.54) is 0 Å². The molecule has 2 aromatic rings. The van der Waals surface area contributed by atoms with E-state index in [0.717, 1.165) is 16.9 Å². The first-order valence-electron chi connectivity index (χ1n) is 6.57. The first kappa shape index (κ1) is 15.2. The Labute approximate surface area is 129 Å². The number of hydrogen-bond acceptors (Lipinski definition) is 3. The number of halogens is 1. The van der Waals surface area contributed by atoms with Crippen LogP contribution in [0.15, 0.2) is 42.5 Å². The molecule has 0 spiro atoms. The van der Waals surface area contributed by atoms with Crippen molar-refractivity contribution in [2.24, 2.45) is 5.73 Å². The van der Waals surface area contributed by atoms with Gasteiger partial charge in [-0.25, -0.2) is 0 Å². The van der Waals surface area contributed by atoms with Crippen molar-refractivity contribution in [1.29, 1.82) is 0 Å². The molecular formula is C16H18ClN3O. The topological polar surface area (TPSA) is 72.3 Å². The number of nitrogens with zero attached hydrogens (tertiary/aromatic N) is 1. The third-order valence-electron chi connectivity index (χ3n) is 3.60. The number of carbonyl (C=O) groups is 1. The van der Waals surface area contributed by atoms with E-state index in [2.05, 4.69) is 11.8 Å². The average Bonchev–Trinajstić information content (AvgIpc) is 2.45. The number of amides is 1. The van der Waals surface area contributed by atoms with Crippen molar-refractivity contribution in [3.8, 4) is 0 Å². The Bertz CT molecular complexity index is 672. The molecule has 0 aromatic heterocycles. The molecule has 0 aliphatic carbocycles. The molecular weight excluding hydrogens is 286 g/mol. The lowest BCUT2D eigenvalue weighted by Gasteiger charge is -2.28. The number of primary amides is 1. The fourth-order valence-corrected chi connectivity index (χ4v) is 2.46. The molecule has 0 aliphatic rings. The molecule has 2 rings (SSSR count). The molecule has 0 fully saturated rings. The van der Waals surface area contributed by atoms with E-state index >= 15 is 0 Å². The van der Waals surface area contributed by atoms with Crippen molar-refractivity contribution in [1.82, 2.24) is 0 Å². The minimum absolute atomic E-state index is 0.115. The van der Waals surface area contributed by atoms with Gasteiger partial charge in [-0.2, -0.15) is 0 Å². The summed E-state index contributed by atoms with van der Waals surface area (Å²) in [7, 11) is 1.96. The highest BCUT2D eigenvalue weighted by Crippen LogP contribution is 2.29. The number of carbonyl (C=O) groups excluding carboxylic acids is 1. The molecule has 110 valence electrons. The van der Waals surface area contributed by atoms with Crippen molar-refractivity contribution < 1.29 is 4.79 Å². The van der Waals surface area contributed by atoms with E-state index in [-0.39, 0.29) is 6.04 Å². The van der Waals surface area contributed by atoms with Crippen molar-refractivity contribution in [2.75, 3.05) is 17.7 Å². The predicted molar refractivity (Wildman–Crippen MR) is 87.6 cm³/mol. The molecule has 0 heterocycles. The van der Waals surface area contributed by atoms with Gasteiger partial charge < -0.3 is 16.4 Å². The fraction of sp³-hybridized carbons (Fsp3) is 0.188. The summed E-state index contributed by atoms with van der Waals surface area (Å²) in [6.07, 6.45) is 0. The van der Waals surface area contributed by atoms with Crippen LogP contribution in [0, 0.1) is 0 Å². The third kappa shape index (κ3) is 3.28. The molecule has 0 radical (unpaired) electrons. The lowest BCUT2D eigenvalue weighted by Crippen LogP contribution is -2.22. The molecule has 2 aromatic carbocycles. The van der Waals surface area contributed by atoms with Gasteiger partial charge in [-0.1, -0.05) is 23.7 Å². The fourth-order valence-electron chi connectivity index (χ4n) is 2.19. The van der Waals surface area contributed by atoms with E-state index in [9.17, 15) is 4.79 Å². The molecule has 1 amide bonds. The maximum Gasteiger partial charge on any atom is 0.250 e. The van der Waals surface area contributed by atoms with Crippen LogP contribution < -0.4 is 16.4 Å². The molecule has 0 bridgehead atoms. The molecule has 0 saturated carbocycles. The van der Waals surface area contributed by atoms with Crippen LogP contribution in [-0.2, 0) is 0 Å². The summed E-state index contributed by atoms with van der Waals surface area (Å²) in [6.45, 7) is 2.07. The number of nitrogens with two attached hydrogens (primary N) is 2. The Hall–Kier alpha value is -2.20. The van der Waals surface area contributed by atoms with Gasteiger partial charge in [0.1, 0.15) is 0 Å². The minimum atomic E-state index is -0.530. The summed E-state index contributed by atoms with van der Waals surface area (Å²) < 4.78 is 0. The third-order valence-corrected chi connectivity index (χ3v) is 3.91. The van der Waals surface area contributed by atoms with Gasteiger partial charge >= 0.3 is 0 Å². The zero-order valence-electron chi connectivity index (χ0n) is 12.0. The summed E-state index contributed by atoms with van der Waals surface area (Å²) in [4.78, 5) is 13.3. The first-order chi connectivity index (χ1) is 9.90. The monoisotopic (exact) mass is 303 g/mol. The lowest BCUT2D eigenvalue weighted by molar-refractivity contribution is 0.100. The Kier molecular flexibility index (Phi) is 4.38. The largest absolute Gasteiger partial charge is 0.399 e. The van der Waals surface area contributed by atoms with Gasteiger partial charge in [0.05, 0.1) is 16.6 Å². The standard InChI is InChI=1S/C16H18ClN3O/c1-10(11-4-3-5-12(18)8-11)20(2)13-6-7-14(16(19)21)15(17)9-13/h3-10H,18H2,1-2H3,(H2,19,21). The molecule has 4 nitrogen and oxygen atoms in total.